The highest BCUT2D eigenvalue weighted by atomic mass is 32.2. The Balaban J connectivity index is 2.02. The van der Waals surface area contributed by atoms with Gasteiger partial charge in [0.05, 0.1) is 6.10 Å². The third-order valence-corrected chi connectivity index (χ3v) is 6.53. The highest BCUT2D eigenvalue weighted by Gasteiger charge is 2.73. The molecule has 1 aliphatic heterocycles. The van der Waals surface area contributed by atoms with E-state index >= 15 is 0 Å². The Morgan fingerprint density at radius 2 is 2.17 bits per heavy atom. The van der Waals surface area contributed by atoms with Gasteiger partial charge in [0.25, 0.3) is 10.1 Å². The lowest BCUT2D eigenvalue weighted by Gasteiger charge is -2.25. The summed E-state index contributed by atoms with van der Waals surface area (Å²) in [4.78, 5) is 11.4. The summed E-state index contributed by atoms with van der Waals surface area (Å²) in [7, 11) is -3.62. The fraction of sp³-hybridized carbons (Fsp3) is 0.750. The van der Waals surface area contributed by atoms with E-state index in [-0.39, 0.29) is 23.4 Å². The summed E-state index contributed by atoms with van der Waals surface area (Å²) in [6.45, 7) is 7.40. The van der Waals surface area contributed by atoms with Crippen molar-refractivity contribution in [1.29, 1.82) is 0 Å². The van der Waals surface area contributed by atoms with Crippen LogP contribution in [0, 0.1) is 17.3 Å². The van der Waals surface area contributed by atoms with Crippen LogP contribution < -0.4 is 0 Å². The van der Waals surface area contributed by atoms with Gasteiger partial charge in [0.2, 0.25) is 0 Å². The van der Waals surface area contributed by atoms with Gasteiger partial charge in [-0.25, -0.2) is 4.79 Å². The third-order valence-electron chi connectivity index (χ3n) is 4.79. The molecule has 3 rings (SSSR count). The number of rotatable bonds is 2. The minimum Gasteiger partial charge on any atom is -0.457 e. The zero-order valence-corrected chi connectivity index (χ0v) is 11.1. The molecule has 0 aromatic rings. The SMILES string of the molecule is C=CC(=O)OC1C2CC3OS(=O)(=O)C1C3C2(C)C. The summed E-state index contributed by atoms with van der Waals surface area (Å²) in [5.41, 5.74) is -0.176. The average molecular weight is 272 g/mol. The molecule has 100 valence electrons. The minimum absolute atomic E-state index is 0.0404. The van der Waals surface area contributed by atoms with Gasteiger partial charge in [-0.3, -0.25) is 4.18 Å². The molecule has 1 heterocycles. The van der Waals surface area contributed by atoms with Crippen molar-refractivity contribution >= 4 is 16.1 Å². The topological polar surface area (TPSA) is 69.7 Å². The van der Waals surface area contributed by atoms with Gasteiger partial charge in [0.1, 0.15) is 11.4 Å². The Labute approximate surface area is 106 Å². The maximum absolute atomic E-state index is 12.0. The number of carbonyl (C=O) groups excluding carboxylic acids is 1. The van der Waals surface area contributed by atoms with Gasteiger partial charge in [0.15, 0.2) is 0 Å². The maximum Gasteiger partial charge on any atom is 0.330 e. The molecule has 0 spiro atoms. The first-order chi connectivity index (χ1) is 8.29. The van der Waals surface area contributed by atoms with Crippen LogP contribution in [0.1, 0.15) is 20.3 Å². The molecule has 0 N–H and O–H groups in total. The predicted molar refractivity (Wildman–Crippen MR) is 63.0 cm³/mol. The van der Waals surface area contributed by atoms with Gasteiger partial charge in [-0.05, 0) is 11.8 Å². The Bertz CT molecular complexity index is 521. The van der Waals surface area contributed by atoms with E-state index in [0.717, 1.165) is 6.08 Å². The zero-order chi connectivity index (χ0) is 13.3. The summed E-state index contributed by atoms with van der Waals surface area (Å²) in [5, 5.41) is -0.708. The standard InChI is InChI=1S/C12H16O5S/c1-4-8(13)16-10-6-5-7-9(12(6,2)3)11(10)18(14,15)17-7/h4,6-7,9-11H,1,5H2,2-3H3. The van der Waals surface area contributed by atoms with Crippen LogP contribution in [0.15, 0.2) is 12.7 Å². The lowest BCUT2D eigenvalue weighted by Crippen LogP contribution is -2.38. The van der Waals surface area contributed by atoms with E-state index in [9.17, 15) is 13.2 Å². The Hall–Kier alpha value is -0.880. The van der Waals surface area contributed by atoms with Crippen molar-refractivity contribution in [2.24, 2.45) is 17.3 Å². The van der Waals surface area contributed by atoms with E-state index in [1.807, 2.05) is 13.8 Å². The molecule has 2 bridgehead atoms. The molecule has 1 saturated heterocycles. The lowest BCUT2D eigenvalue weighted by molar-refractivity contribution is -0.145. The molecule has 6 heteroatoms. The second-order valence-electron chi connectivity index (χ2n) is 5.89. The van der Waals surface area contributed by atoms with Crippen LogP contribution in [0.3, 0.4) is 0 Å². The van der Waals surface area contributed by atoms with Crippen LogP contribution in [0.2, 0.25) is 0 Å². The second-order valence-corrected chi connectivity index (χ2v) is 7.61. The highest BCUT2D eigenvalue weighted by molar-refractivity contribution is 7.87. The van der Waals surface area contributed by atoms with Crippen LogP contribution in [0.25, 0.3) is 0 Å². The van der Waals surface area contributed by atoms with Crippen molar-refractivity contribution < 1.29 is 22.1 Å². The molecule has 5 atom stereocenters. The Morgan fingerprint density at radius 3 is 2.78 bits per heavy atom. The number of carbonyl (C=O) groups is 1. The van der Waals surface area contributed by atoms with E-state index < -0.39 is 27.4 Å². The predicted octanol–water partition coefficient (Wildman–Crippen LogP) is 0.857. The molecule has 0 aromatic carbocycles. The number of hydrogen-bond donors (Lipinski definition) is 0. The van der Waals surface area contributed by atoms with Crippen LogP contribution in [0.5, 0.6) is 0 Å². The first-order valence-corrected chi connectivity index (χ1v) is 7.51. The van der Waals surface area contributed by atoms with Crippen molar-refractivity contribution in [2.75, 3.05) is 0 Å². The second kappa shape index (κ2) is 3.36. The molecular weight excluding hydrogens is 256 g/mol. The van der Waals surface area contributed by atoms with Gasteiger partial charge in [-0.15, -0.1) is 0 Å². The molecule has 2 saturated carbocycles. The quantitative estimate of drug-likeness (QED) is 0.423. The first-order valence-electron chi connectivity index (χ1n) is 6.04. The normalized spacial score (nSPS) is 46.0. The molecule has 5 nitrogen and oxygen atoms in total. The molecule has 0 amide bonds. The lowest BCUT2D eigenvalue weighted by atomic mass is 9.81. The van der Waals surface area contributed by atoms with Crippen LogP contribution >= 0.6 is 0 Å². The van der Waals surface area contributed by atoms with E-state index in [1.54, 1.807) is 0 Å². The van der Waals surface area contributed by atoms with E-state index in [1.165, 1.54) is 0 Å². The largest absolute Gasteiger partial charge is 0.457 e. The molecule has 2 aliphatic carbocycles. The van der Waals surface area contributed by atoms with Crippen LogP contribution in [-0.4, -0.2) is 31.8 Å². The van der Waals surface area contributed by atoms with Crippen molar-refractivity contribution in [3.63, 3.8) is 0 Å². The van der Waals surface area contributed by atoms with Crippen molar-refractivity contribution in [2.45, 2.75) is 37.7 Å². The van der Waals surface area contributed by atoms with E-state index in [2.05, 4.69) is 6.58 Å². The summed E-state index contributed by atoms with van der Waals surface area (Å²) < 4.78 is 34.5. The number of hydrogen-bond acceptors (Lipinski definition) is 5. The fourth-order valence-electron chi connectivity index (χ4n) is 4.06. The molecule has 3 fully saturated rings. The van der Waals surface area contributed by atoms with Gasteiger partial charge < -0.3 is 4.74 Å². The molecular formula is C12H16O5S. The van der Waals surface area contributed by atoms with Crippen molar-refractivity contribution in [1.82, 2.24) is 0 Å². The van der Waals surface area contributed by atoms with Crippen molar-refractivity contribution in [3.8, 4) is 0 Å². The Morgan fingerprint density at radius 1 is 1.50 bits per heavy atom. The molecule has 0 aromatic heterocycles. The third kappa shape index (κ3) is 1.30. The van der Waals surface area contributed by atoms with E-state index in [4.69, 9.17) is 8.92 Å². The minimum atomic E-state index is -3.62. The highest BCUT2D eigenvalue weighted by Crippen LogP contribution is 2.64. The molecule has 5 unspecified atom stereocenters. The fourth-order valence-corrected chi connectivity index (χ4v) is 6.19. The van der Waals surface area contributed by atoms with Crippen LogP contribution in [-0.2, 0) is 23.8 Å². The number of ether oxygens (including phenoxy) is 1. The maximum atomic E-state index is 12.0. The average Bonchev–Trinajstić information content (AvgIpc) is 2.71. The van der Waals surface area contributed by atoms with Gasteiger partial charge in [-0.1, -0.05) is 20.4 Å². The first kappa shape index (κ1) is 12.2. The Kier molecular flexibility index (Phi) is 2.27. The number of esters is 1. The molecule has 0 radical (unpaired) electrons. The van der Waals surface area contributed by atoms with Gasteiger partial charge in [-0.2, -0.15) is 8.42 Å². The molecule has 3 aliphatic rings. The van der Waals surface area contributed by atoms with E-state index in [0.29, 0.717) is 6.42 Å². The summed E-state index contributed by atoms with van der Waals surface area (Å²) in [5.74, 6) is -0.601. The van der Waals surface area contributed by atoms with Gasteiger partial charge >= 0.3 is 5.97 Å². The summed E-state index contributed by atoms with van der Waals surface area (Å²) in [6, 6.07) is 0. The number of fused-ring (bicyclic) bond motifs is 1. The monoisotopic (exact) mass is 272 g/mol. The molecule has 18 heavy (non-hydrogen) atoms. The van der Waals surface area contributed by atoms with Gasteiger partial charge in [0, 0.05) is 17.9 Å². The smallest absolute Gasteiger partial charge is 0.330 e. The summed E-state index contributed by atoms with van der Waals surface area (Å²) >= 11 is 0. The van der Waals surface area contributed by atoms with Crippen molar-refractivity contribution in [3.05, 3.63) is 12.7 Å². The van der Waals surface area contributed by atoms with Crippen LogP contribution in [0.4, 0.5) is 0 Å². The summed E-state index contributed by atoms with van der Waals surface area (Å²) in [6.07, 6.45) is 0.874. The zero-order valence-electron chi connectivity index (χ0n) is 10.3.